The van der Waals surface area contributed by atoms with Crippen LogP contribution in [0.1, 0.15) is 32.5 Å². The minimum atomic E-state index is -3.44. The lowest BCUT2D eigenvalue weighted by molar-refractivity contribution is 0.261. The third-order valence-electron chi connectivity index (χ3n) is 3.62. The third-order valence-corrected chi connectivity index (χ3v) is 5.17. The van der Waals surface area contributed by atoms with Gasteiger partial charge in [-0.05, 0) is 25.3 Å². The zero-order valence-electron chi connectivity index (χ0n) is 12.5. The Morgan fingerprint density at radius 2 is 2.14 bits per heavy atom. The number of nitrogens with one attached hydrogen (secondary N) is 3. The molecule has 0 atom stereocenters. The van der Waals surface area contributed by atoms with Gasteiger partial charge < -0.3 is 5.32 Å². The van der Waals surface area contributed by atoms with E-state index in [4.69, 9.17) is 0 Å². The van der Waals surface area contributed by atoms with E-state index in [1.807, 2.05) is 0 Å². The van der Waals surface area contributed by atoms with E-state index in [0.29, 0.717) is 30.9 Å². The number of aromatic amines is 1. The second kappa shape index (κ2) is 7.30. The molecule has 1 fully saturated rings. The molecule has 1 aromatic rings. The van der Waals surface area contributed by atoms with Gasteiger partial charge in [0.2, 0.25) is 0 Å². The van der Waals surface area contributed by atoms with Gasteiger partial charge in [-0.1, -0.05) is 13.8 Å². The summed E-state index contributed by atoms with van der Waals surface area (Å²) in [6, 6.07) is 0.468. The molecular formula is C12H24N6O2S. The van der Waals surface area contributed by atoms with Crippen LogP contribution in [-0.4, -0.2) is 53.6 Å². The van der Waals surface area contributed by atoms with Gasteiger partial charge in [-0.2, -0.15) is 22.5 Å². The van der Waals surface area contributed by atoms with Crippen LogP contribution in [0.3, 0.4) is 0 Å². The number of aromatic nitrogens is 3. The predicted molar refractivity (Wildman–Crippen MR) is 79.6 cm³/mol. The highest BCUT2D eigenvalue weighted by Crippen LogP contribution is 2.18. The first kappa shape index (κ1) is 16.3. The van der Waals surface area contributed by atoms with Crippen LogP contribution in [0, 0.1) is 5.92 Å². The summed E-state index contributed by atoms with van der Waals surface area (Å²) in [5.41, 5.74) is 0. The second-order valence-electron chi connectivity index (χ2n) is 5.66. The van der Waals surface area contributed by atoms with Gasteiger partial charge in [-0.15, -0.1) is 0 Å². The Morgan fingerprint density at radius 3 is 2.71 bits per heavy atom. The molecule has 0 saturated carbocycles. The van der Waals surface area contributed by atoms with Crippen molar-refractivity contribution < 1.29 is 8.42 Å². The van der Waals surface area contributed by atoms with E-state index in [-0.39, 0.29) is 6.54 Å². The van der Waals surface area contributed by atoms with E-state index >= 15 is 0 Å². The molecule has 1 aliphatic rings. The quantitative estimate of drug-likeness (QED) is 0.649. The number of hydrogen-bond acceptors (Lipinski definition) is 5. The third kappa shape index (κ3) is 5.03. The highest BCUT2D eigenvalue weighted by Gasteiger charge is 2.27. The molecular weight excluding hydrogens is 292 g/mol. The van der Waals surface area contributed by atoms with Crippen LogP contribution in [0.25, 0.3) is 0 Å². The highest BCUT2D eigenvalue weighted by molar-refractivity contribution is 7.87. The Balaban J connectivity index is 1.77. The summed E-state index contributed by atoms with van der Waals surface area (Å²) < 4.78 is 28.4. The van der Waals surface area contributed by atoms with Crippen LogP contribution in [0.4, 0.5) is 0 Å². The normalized spacial score (nSPS) is 18.4. The van der Waals surface area contributed by atoms with Crippen molar-refractivity contribution in [3.63, 3.8) is 0 Å². The van der Waals surface area contributed by atoms with Crippen LogP contribution in [0.2, 0.25) is 0 Å². The van der Waals surface area contributed by atoms with Crippen molar-refractivity contribution in [2.24, 2.45) is 5.92 Å². The van der Waals surface area contributed by atoms with Crippen molar-refractivity contribution in [2.75, 3.05) is 19.6 Å². The SMILES string of the molecule is CC(C)NCC1CCN(S(=O)(=O)NCc2ncn[nH]2)CC1. The molecule has 0 spiro atoms. The van der Waals surface area contributed by atoms with E-state index in [1.165, 1.54) is 10.6 Å². The fourth-order valence-electron chi connectivity index (χ4n) is 2.32. The summed E-state index contributed by atoms with van der Waals surface area (Å²) in [4.78, 5) is 3.90. The lowest BCUT2D eigenvalue weighted by Gasteiger charge is -2.31. The molecule has 0 unspecified atom stereocenters. The van der Waals surface area contributed by atoms with Crippen molar-refractivity contribution in [2.45, 2.75) is 39.3 Å². The van der Waals surface area contributed by atoms with Crippen molar-refractivity contribution in [1.82, 2.24) is 29.5 Å². The van der Waals surface area contributed by atoms with Crippen LogP contribution in [-0.2, 0) is 16.8 Å². The Kier molecular flexibility index (Phi) is 5.68. The highest BCUT2D eigenvalue weighted by atomic mass is 32.2. The summed E-state index contributed by atoms with van der Waals surface area (Å²) in [5.74, 6) is 1.06. The van der Waals surface area contributed by atoms with Gasteiger partial charge in [0.05, 0.1) is 6.54 Å². The number of nitrogens with zero attached hydrogens (tertiary/aromatic N) is 3. The maximum absolute atomic E-state index is 12.2. The van der Waals surface area contributed by atoms with E-state index < -0.39 is 10.2 Å². The standard InChI is InChI=1S/C12H24N6O2S/c1-10(2)13-7-11-3-5-18(6-4-11)21(19,20)16-8-12-14-9-15-17-12/h9-11,13,16H,3-8H2,1-2H3,(H,14,15,17). The van der Waals surface area contributed by atoms with Gasteiger partial charge in [0.15, 0.2) is 0 Å². The molecule has 0 aliphatic carbocycles. The van der Waals surface area contributed by atoms with Gasteiger partial charge in [0.25, 0.3) is 10.2 Å². The Hall–Kier alpha value is -1.03. The van der Waals surface area contributed by atoms with Gasteiger partial charge in [0.1, 0.15) is 12.2 Å². The molecule has 2 heterocycles. The smallest absolute Gasteiger partial charge is 0.279 e. The minimum absolute atomic E-state index is 0.136. The molecule has 3 N–H and O–H groups in total. The summed E-state index contributed by atoms with van der Waals surface area (Å²) in [7, 11) is -3.44. The first-order valence-corrected chi connectivity index (χ1v) is 8.73. The first-order valence-electron chi connectivity index (χ1n) is 7.29. The number of H-pyrrole nitrogens is 1. The molecule has 1 aromatic heterocycles. The Labute approximate surface area is 125 Å². The van der Waals surface area contributed by atoms with Crippen LogP contribution in [0.15, 0.2) is 6.33 Å². The second-order valence-corrected chi connectivity index (χ2v) is 7.42. The number of hydrogen-bond donors (Lipinski definition) is 3. The van der Waals surface area contributed by atoms with E-state index in [1.54, 1.807) is 0 Å². The van der Waals surface area contributed by atoms with Crippen molar-refractivity contribution in [3.05, 3.63) is 12.2 Å². The molecule has 9 heteroatoms. The minimum Gasteiger partial charge on any atom is -0.314 e. The maximum Gasteiger partial charge on any atom is 0.279 e. The van der Waals surface area contributed by atoms with Gasteiger partial charge in [0, 0.05) is 19.1 Å². The first-order chi connectivity index (χ1) is 9.97. The summed E-state index contributed by atoms with van der Waals surface area (Å²) in [5, 5.41) is 9.73. The Bertz CT molecular complexity index is 508. The fraction of sp³-hybridized carbons (Fsp3) is 0.833. The maximum atomic E-state index is 12.2. The summed E-state index contributed by atoms with van der Waals surface area (Å²) in [6.07, 6.45) is 3.14. The molecule has 2 rings (SSSR count). The zero-order chi connectivity index (χ0) is 15.3. The molecule has 1 aliphatic heterocycles. The van der Waals surface area contributed by atoms with Crippen molar-refractivity contribution >= 4 is 10.2 Å². The summed E-state index contributed by atoms with van der Waals surface area (Å²) in [6.45, 7) is 6.46. The molecule has 0 amide bonds. The largest absolute Gasteiger partial charge is 0.314 e. The molecule has 0 bridgehead atoms. The lowest BCUT2D eigenvalue weighted by atomic mass is 9.98. The van der Waals surface area contributed by atoms with E-state index in [9.17, 15) is 8.42 Å². The topological polar surface area (TPSA) is 103 Å². The van der Waals surface area contributed by atoms with E-state index in [2.05, 4.69) is 39.1 Å². The Morgan fingerprint density at radius 1 is 1.43 bits per heavy atom. The zero-order valence-corrected chi connectivity index (χ0v) is 13.4. The van der Waals surface area contributed by atoms with Gasteiger partial charge in [-0.25, -0.2) is 4.98 Å². The molecule has 120 valence electrons. The number of piperidine rings is 1. The fourth-order valence-corrected chi connectivity index (χ4v) is 3.52. The lowest BCUT2D eigenvalue weighted by Crippen LogP contribution is -2.46. The van der Waals surface area contributed by atoms with E-state index in [0.717, 1.165) is 19.4 Å². The molecule has 8 nitrogen and oxygen atoms in total. The van der Waals surface area contributed by atoms with Crippen molar-refractivity contribution in [1.29, 1.82) is 0 Å². The van der Waals surface area contributed by atoms with Crippen LogP contribution in [0.5, 0.6) is 0 Å². The average Bonchev–Trinajstić information content (AvgIpc) is 2.97. The molecule has 0 aromatic carbocycles. The molecule has 1 saturated heterocycles. The van der Waals surface area contributed by atoms with Crippen LogP contribution >= 0.6 is 0 Å². The van der Waals surface area contributed by atoms with Gasteiger partial charge in [-0.3, -0.25) is 5.10 Å². The molecule has 0 radical (unpaired) electrons. The predicted octanol–water partition coefficient (Wildman–Crippen LogP) is -0.151. The van der Waals surface area contributed by atoms with Gasteiger partial charge >= 0.3 is 0 Å². The van der Waals surface area contributed by atoms with Crippen molar-refractivity contribution in [3.8, 4) is 0 Å². The average molecular weight is 316 g/mol. The monoisotopic (exact) mass is 316 g/mol. The summed E-state index contributed by atoms with van der Waals surface area (Å²) >= 11 is 0. The number of rotatable bonds is 7. The van der Waals surface area contributed by atoms with Crippen LogP contribution < -0.4 is 10.0 Å². The molecule has 21 heavy (non-hydrogen) atoms.